The maximum atomic E-state index is 10.9. The number of benzene rings is 5. The average Bonchev–Trinajstić information content (AvgIpc) is 3.95. The number of fused-ring (bicyclic) bond motifs is 5. The normalized spacial score (nSPS) is 12.1. The van der Waals surface area contributed by atoms with Crippen LogP contribution in [0.1, 0.15) is 101 Å². The molecule has 9 rings (SSSR count). The van der Waals surface area contributed by atoms with Crippen LogP contribution < -0.4 is 5.46 Å². The first-order chi connectivity index (χ1) is 26.6. The van der Waals surface area contributed by atoms with Crippen molar-refractivity contribution in [3.05, 3.63) is 150 Å². The molecule has 1 aliphatic heterocycles. The molecule has 0 saturated carbocycles. The van der Waals surface area contributed by atoms with Gasteiger partial charge in [-0.05, 0) is 69.6 Å². The Morgan fingerprint density at radius 3 is 1.82 bits per heavy atom. The molecule has 6 nitrogen and oxygen atoms in total. The quantitative estimate of drug-likeness (QED) is 0.128. The fraction of sp³-hybridized carbons (Fsp3) is 0.250. The Morgan fingerprint density at radius 1 is 0.607 bits per heavy atom. The molecule has 1 N–H and O–H groups in total. The van der Waals surface area contributed by atoms with E-state index in [0.29, 0.717) is 23.7 Å². The van der Waals surface area contributed by atoms with E-state index in [2.05, 4.69) is 159 Å². The first-order valence-corrected chi connectivity index (χ1v) is 19.6. The zero-order valence-electron chi connectivity index (χ0n) is 33.5. The van der Waals surface area contributed by atoms with Crippen molar-refractivity contribution in [3.8, 4) is 34.2 Å². The summed E-state index contributed by atoms with van der Waals surface area (Å²) in [6.45, 7) is 18.0. The maximum absolute atomic E-state index is 10.9. The van der Waals surface area contributed by atoms with Gasteiger partial charge in [-0.3, -0.25) is 4.98 Å². The minimum atomic E-state index is -0.0693. The van der Waals surface area contributed by atoms with E-state index in [1.165, 1.54) is 44.3 Å². The second-order valence-corrected chi connectivity index (χ2v) is 15.9. The Labute approximate surface area is 344 Å². The van der Waals surface area contributed by atoms with Gasteiger partial charge in [-0.25, -0.2) is 4.98 Å². The van der Waals surface area contributed by atoms with E-state index in [-0.39, 0.29) is 32.8 Å². The van der Waals surface area contributed by atoms with Crippen LogP contribution >= 0.6 is 0 Å². The molecule has 4 heterocycles. The molecule has 1 radical (unpaired) electrons. The second kappa shape index (κ2) is 15.8. The average molecular weight is 915 g/mol. The molecule has 0 saturated heterocycles. The van der Waals surface area contributed by atoms with Crippen molar-refractivity contribution in [3.63, 3.8) is 0 Å². The van der Waals surface area contributed by atoms with E-state index in [1.807, 2.05) is 36.7 Å². The van der Waals surface area contributed by atoms with Crippen molar-refractivity contribution >= 4 is 34.3 Å². The number of phenols is 1. The van der Waals surface area contributed by atoms with Gasteiger partial charge in [-0.2, -0.15) is 0 Å². The number of hydrogen-bond acceptors (Lipinski definition) is 3. The molecule has 0 bridgehead atoms. The summed E-state index contributed by atoms with van der Waals surface area (Å²) in [6.07, 6.45) is 7.83. The largest absolute Gasteiger partial charge is 0.507 e. The van der Waals surface area contributed by atoms with Gasteiger partial charge >= 0.3 is 6.98 Å². The third-order valence-electron chi connectivity index (χ3n) is 11.1. The molecule has 56 heavy (non-hydrogen) atoms. The van der Waals surface area contributed by atoms with Gasteiger partial charge in [-0.1, -0.05) is 110 Å². The van der Waals surface area contributed by atoms with Gasteiger partial charge in [0.15, 0.2) is 0 Å². The van der Waals surface area contributed by atoms with Gasteiger partial charge in [0.1, 0.15) is 11.6 Å². The third kappa shape index (κ3) is 6.53. The Hall–Kier alpha value is -5.17. The molecule has 0 amide bonds. The SMILES string of the molecule is CC(C)c1cccc(C(C)C)c1-n1ccnc1-c1[c-]cccc1.CC(C)c1cccc(C(C)C)c1B1n2ccnc2-c2c(O)ccc3c4ccccc4n1c23.[Ir]. The third-order valence-corrected chi connectivity index (χ3v) is 11.1. The molecule has 1 aliphatic rings. The van der Waals surface area contributed by atoms with Crippen molar-refractivity contribution in [2.45, 2.75) is 79.1 Å². The van der Waals surface area contributed by atoms with Crippen molar-refractivity contribution in [2.75, 3.05) is 0 Å². The molecule has 3 aromatic heterocycles. The van der Waals surface area contributed by atoms with Crippen LogP contribution in [0.15, 0.2) is 122 Å². The zero-order valence-corrected chi connectivity index (χ0v) is 35.8. The van der Waals surface area contributed by atoms with Gasteiger partial charge in [0.25, 0.3) is 0 Å². The topological polar surface area (TPSA) is 60.8 Å². The molecule has 0 fully saturated rings. The van der Waals surface area contributed by atoms with Crippen LogP contribution in [-0.2, 0) is 20.1 Å². The minimum absolute atomic E-state index is 0. The van der Waals surface area contributed by atoms with Crippen LogP contribution in [0.5, 0.6) is 5.75 Å². The van der Waals surface area contributed by atoms with Crippen LogP contribution in [0.25, 0.3) is 50.3 Å². The molecule has 8 heteroatoms. The summed E-state index contributed by atoms with van der Waals surface area (Å²) in [5.41, 5.74) is 12.1. The second-order valence-electron chi connectivity index (χ2n) is 15.9. The minimum Gasteiger partial charge on any atom is -0.507 e. The first kappa shape index (κ1) is 39.1. The standard InChI is InChI=1S/C27H26BN3O.C21H23N2.Ir/c1-16(2)18-9-7-10-19(17(3)4)25(18)28-30-15-14-29-27(30)24-23(32)13-12-21-20-8-5-6-11-22(20)31(28)26(21)24;1-15(2)18-11-8-12-19(16(3)4)20(18)23-14-13-22-21(23)17-9-6-5-7-10-17;/h5-17,32H,1-4H3;5-9,11-16H,1-4H3;/q;-1;. The van der Waals surface area contributed by atoms with Crippen molar-refractivity contribution < 1.29 is 25.2 Å². The zero-order chi connectivity index (χ0) is 38.5. The van der Waals surface area contributed by atoms with Crippen LogP contribution in [0, 0.1) is 6.07 Å². The molecule has 0 atom stereocenters. The van der Waals surface area contributed by atoms with E-state index in [9.17, 15) is 5.11 Å². The molecule has 5 aromatic carbocycles. The fourth-order valence-electron chi connectivity index (χ4n) is 8.56. The van der Waals surface area contributed by atoms with Gasteiger partial charge in [0, 0.05) is 66.9 Å². The van der Waals surface area contributed by atoms with Gasteiger partial charge in [-0.15, -0.1) is 35.9 Å². The number of para-hydroxylation sites is 2. The summed E-state index contributed by atoms with van der Waals surface area (Å²) >= 11 is 0. The predicted octanol–water partition coefficient (Wildman–Crippen LogP) is 11.3. The van der Waals surface area contributed by atoms with Gasteiger partial charge < -0.3 is 18.6 Å². The number of rotatable bonds is 7. The fourth-order valence-corrected chi connectivity index (χ4v) is 8.56. The maximum Gasteiger partial charge on any atom is 0.422 e. The molecule has 0 unspecified atom stereocenters. The first-order valence-electron chi connectivity index (χ1n) is 19.6. The van der Waals surface area contributed by atoms with Crippen molar-refractivity contribution in [2.24, 2.45) is 0 Å². The Balaban J connectivity index is 0.000000178. The molecular formula is C48H49BIrN5O-. The molecule has 285 valence electrons. The molecule has 0 aliphatic carbocycles. The number of hydrogen-bond donors (Lipinski definition) is 1. The summed E-state index contributed by atoms with van der Waals surface area (Å²) in [6, 6.07) is 37.1. The van der Waals surface area contributed by atoms with Gasteiger partial charge in [0.2, 0.25) is 0 Å². The van der Waals surface area contributed by atoms with E-state index < -0.39 is 0 Å². The number of imidazole rings is 2. The number of aromatic hydroxyl groups is 1. The van der Waals surface area contributed by atoms with E-state index >= 15 is 0 Å². The number of phenolic OH excluding ortho intramolecular Hbond substituents is 1. The van der Waals surface area contributed by atoms with E-state index in [0.717, 1.165) is 33.7 Å². The van der Waals surface area contributed by atoms with Crippen LogP contribution in [0.4, 0.5) is 0 Å². The smallest absolute Gasteiger partial charge is 0.422 e. The van der Waals surface area contributed by atoms with E-state index in [4.69, 9.17) is 4.98 Å². The summed E-state index contributed by atoms with van der Waals surface area (Å²) in [5, 5.41) is 13.3. The van der Waals surface area contributed by atoms with E-state index in [1.54, 1.807) is 6.07 Å². The summed E-state index contributed by atoms with van der Waals surface area (Å²) in [4.78, 5) is 9.32. The molecule has 8 aromatic rings. The van der Waals surface area contributed by atoms with Gasteiger partial charge in [0.05, 0.1) is 16.9 Å². The Morgan fingerprint density at radius 2 is 1.20 bits per heavy atom. The Bertz CT molecular complexity index is 2600. The summed E-state index contributed by atoms with van der Waals surface area (Å²) in [5.74, 6) is 3.73. The van der Waals surface area contributed by atoms with Crippen LogP contribution in [-0.4, -0.2) is 35.6 Å². The molecular weight excluding hydrogens is 866 g/mol. The van der Waals surface area contributed by atoms with Crippen molar-refractivity contribution in [1.29, 1.82) is 0 Å². The summed E-state index contributed by atoms with van der Waals surface area (Å²) in [7, 11) is 0. The predicted molar refractivity (Wildman–Crippen MR) is 229 cm³/mol. The number of nitrogens with zero attached hydrogens (tertiary/aromatic N) is 5. The van der Waals surface area contributed by atoms with Crippen LogP contribution in [0.3, 0.4) is 0 Å². The van der Waals surface area contributed by atoms with Crippen molar-refractivity contribution in [1.82, 2.24) is 23.5 Å². The monoisotopic (exact) mass is 915 g/mol. The molecule has 0 spiro atoms. The van der Waals surface area contributed by atoms with Crippen LogP contribution in [0.2, 0.25) is 0 Å². The number of aromatic nitrogens is 5. The Kier molecular flexibility index (Phi) is 11.0. The summed E-state index contributed by atoms with van der Waals surface area (Å²) < 4.78 is 6.87.